The molecule has 0 fully saturated rings. The predicted octanol–water partition coefficient (Wildman–Crippen LogP) is 4.56. The molecule has 0 unspecified atom stereocenters. The Bertz CT molecular complexity index is 337. The molecule has 0 amide bonds. The summed E-state index contributed by atoms with van der Waals surface area (Å²) in [5.41, 5.74) is 1.16. The predicted molar refractivity (Wildman–Crippen MR) is 77.1 cm³/mol. The number of nitrogens with one attached hydrogen (secondary N) is 1. The highest BCUT2D eigenvalue weighted by Gasteiger charge is 2.01. The second-order valence-electron chi connectivity index (χ2n) is 4.79. The lowest BCUT2D eigenvalue weighted by Crippen LogP contribution is -2.20. The van der Waals surface area contributed by atoms with Crippen molar-refractivity contribution in [1.29, 1.82) is 0 Å². The van der Waals surface area contributed by atoms with Crippen LogP contribution in [-0.2, 0) is 6.42 Å². The smallest absolute Gasteiger partial charge is 0.0439 e. The molecule has 0 heterocycles. The highest BCUT2D eigenvalue weighted by atomic mass is 35.5. The summed E-state index contributed by atoms with van der Waals surface area (Å²) in [5.74, 6) is 0.720. The molecule has 96 valence electrons. The monoisotopic (exact) mass is 273 g/mol. The normalized spacial score (nSPS) is 11.1. The maximum Gasteiger partial charge on any atom is 0.0439 e. The fourth-order valence-electron chi connectivity index (χ4n) is 1.69. The molecule has 0 aliphatic rings. The fraction of sp³-hybridized carbons (Fsp3) is 0.571. The maximum atomic E-state index is 6.10. The van der Waals surface area contributed by atoms with Gasteiger partial charge < -0.3 is 5.32 Å². The van der Waals surface area contributed by atoms with Crippen LogP contribution in [0.4, 0.5) is 0 Å². The molecule has 3 heteroatoms. The largest absolute Gasteiger partial charge is 0.316 e. The Kier molecular flexibility index (Phi) is 6.94. The van der Waals surface area contributed by atoms with Crippen LogP contribution in [0.15, 0.2) is 18.2 Å². The molecule has 17 heavy (non-hydrogen) atoms. The second-order valence-corrected chi connectivity index (χ2v) is 5.63. The van der Waals surface area contributed by atoms with Crippen LogP contribution in [0, 0.1) is 5.92 Å². The zero-order valence-electron chi connectivity index (χ0n) is 10.6. The molecular weight excluding hydrogens is 253 g/mol. The van der Waals surface area contributed by atoms with Gasteiger partial charge in [-0.05, 0) is 62.0 Å². The Morgan fingerprint density at radius 1 is 1.18 bits per heavy atom. The molecule has 0 saturated carbocycles. The van der Waals surface area contributed by atoms with Gasteiger partial charge in [-0.3, -0.25) is 0 Å². The van der Waals surface area contributed by atoms with E-state index in [1.54, 1.807) is 0 Å². The lowest BCUT2D eigenvalue weighted by atomic mass is 10.1. The molecule has 0 bridgehead atoms. The first-order valence-corrected chi connectivity index (χ1v) is 7.00. The third-order valence-corrected chi connectivity index (χ3v) is 3.21. The number of hydrogen-bond acceptors (Lipinski definition) is 1. The minimum absolute atomic E-state index is 0.720. The number of aryl methyl sites for hydroxylation is 1. The summed E-state index contributed by atoms with van der Waals surface area (Å²) in [6.07, 6.45) is 3.32. The van der Waals surface area contributed by atoms with Crippen molar-refractivity contribution in [3.63, 3.8) is 0 Å². The average Bonchev–Trinajstić information content (AvgIpc) is 2.27. The highest BCUT2D eigenvalue weighted by molar-refractivity contribution is 6.33. The Morgan fingerprint density at radius 3 is 2.65 bits per heavy atom. The number of rotatable bonds is 7. The zero-order valence-corrected chi connectivity index (χ0v) is 12.1. The van der Waals surface area contributed by atoms with Crippen LogP contribution in [0.1, 0.15) is 32.3 Å². The van der Waals surface area contributed by atoms with Crippen LogP contribution < -0.4 is 5.32 Å². The number of benzene rings is 1. The standard InChI is InChI=1S/C14H21Cl2N/c1-11(2)10-17-8-4-3-5-12-9-13(15)6-7-14(12)16/h6-7,9,11,17H,3-5,8,10H2,1-2H3. The molecular formula is C14H21Cl2N. The molecule has 0 atom stereocenters. The summed E-state index contributed by atoms with van der Waals surface area (Å²) >= 11 is 12.0. The summed E-state index contributed by atoms with van der Waals surface area (Å²) in [7, 11) is 0. The molecule has 0 saturated heterocycles. The average molecular weight is 274 g/mol. The van der Waals surface area contributed by atoms with Gasteiger partial charge in [0.15, 0.2) is 0 Å². The number of unbranched alkanes of at least 4 members (excludes halogenated alkanes) is 1. The van der Waals surface area contributed by atoms with E-state index in [1.807, 2.05) is 18.2 Å². The fourth-order valence-corrected chi connectivity index (χ4v) is 2.10. The van der Waals surface area contributed by atoms with Crippen LogP contribution in [0.3, 0.4) is 0 Å². The van der Waals surface area contributed by atoms with Gasteiger partial charge in [0.1, 0.15) is 0 Å². The first-order chi connectivity index (χ1) is 8.09. The quantitative estimate of drug-likeness (QED) is 0.718. The minimum Gasteiger partial charge on any atom is -0.316 e. The van der Waals surface area contributed by atoms with Crippen molar-refractivity contribution in [1.82, 2.24) is 5.32 Å². The van der Waals surface area contributed by atoms with Crippen LogP contribution in [0.5, 0.6) is 0 Å². The van der Waals surface area contributed by atoms with Gasteiger partial charge in [0.25, 0.3) is 0 Å². The third kappa shape index (κ3) is 6.30. The van der Waals surface area contributed by atoms with Gasteiger partial charge in [0, 0.05) is 10.0 Å². The molecule has 1 aromatic rings. The lowest BCUT2D eigenvalue weighted by Gasteiger charge is -2.08. The first kappa shape index (κ1) is 14.8. The van der Waals surface area contributed by atoms with Crippen molar-refractivity contribution >= 4 is 23.2 Å². The van der Waals surface area contributed by atoms with E-state index < -0.39 is 0 Å². The van der Waals surface area contributed by atoms with Gasteiger partial charge in [-0.2, -0.15) is 0 Å². The van der Waals surface area contributed by atoms with E-state index in [-0.39, 0.29) is 0 Å². The lowest BCUT2D eigenvalue weighted by molar-refractivity contribution is 0.535. The number of halogens is 2. The Morgan fingerprint density at radius 2 is 1.94 bits per heavy atom. The summed E-state index contributed by atoms with van der Waals surface area (Å²) in [4.78, 5) is 0. The van der Waals surface area contributed by atoms with Crippen LogP contribution in [0.2, 0.25) is 10.0 Å². The minimum atomic E-state index is 0.720. The topological polar surface area (TPSA) is 12.0 Å². The van der Waals surface area contributed by atoms with Crippen molar-refractivity contribution in [3.05, 3.63) is 33.8 Å². The van der Waals surface area contributed by atoms with Crippen LogP contribution >= 0.6 is 23.2 Å². The molecule has 1 rings (SSSR count). The van der Waals surface area contributed by atoms with Gasteiger partial charge in [-0.1, -0.05) is 37.0 Å². The van der Waals surface area contributed by atoms with E-state index in [9.17, 15) is 0 Å². The van der Waals surface area contributed by atoms with Crippen molar-refractivity contribution in [2.45, 2.75) is 33.1 Å². The van der Waals surface area contributed by atoms with Gasteiger partial charge in [0.2, 0.25) is 0 Å². The van der Waals surface area contributed by atoms with Gasteiger partial charge >= 0.3 is 0 Å². The summed E-state index contributed by atoms with van der Waals surface area (Å²) < 4.78 is 0. The summed E-state index contributed by atoms with van der Waals surface area (Å²) in [5, 5.41) is 5.03. The van der Waals surface area contributed by atoms with Gasteiger partial charge in [0.05, 0.1) is 0 Å². The number of hydrogen-bond donors (Lipinski definition) is 1. The van der Waals surface area contributed by atoms with Gasteiger partial charge in [-0.25, -0.2) is 0 Å². The molecule has 0 aliphatic carbocycles. The molecule has 0 aromatic heterocycles. The Hall–Kier alpha value is -0.240. The zero-order chi connectivity index (χ0) is 12.7. The molecule has 1 aromatic carbocycles. The molecule has 0 aliphatic heterocycles. The molecule has 0 radical (unpaired) electrons. The van der Waals surface area contributed by atoms with E-state index in [0.29, 0.717) is 0 Å². The van der Waals surface area contributed by atoms with E-state index in [0.717, 1.165) is 47.5 Å². The van der Waals surface area contributed by atoms with E-state index >= 15 is 0 Å². The van der Waals surface area contributed by atoms with Crippen molar-refractivity contribution in [3.8, 4) is 0 Å². The van der Waals surface area contributed by atoms with Gasteiger partial charge in [-0.15, -0.1) is 0 Å². The SMILES string of the molecule is CC(C)CNCCCCc1cc(Cl)ccc1Cl. The van der Waals surface area contributed by atoms with Crippen LogP contribution in [-0.4, -0.2) is 13.1 Å². The van der Waals surface area contributed by atoms with E-state index in [1.165, 1.54) is 6.42 Å². The maximum absolute atomic E-state index is 6.10. The summed E-state index contributed by atoms with van der Waals surface area (Å²) in [6.45, 7) is 6.62. The van der Waals surface area contributed by atoms with E-state index in [4.69, 9.17) is 23.2 Å². The van der Waals surface area contributed by atoms with Crippen molar-refractivity contribution < 1.29 is 0 Å². The van der Waals surface area contributed by atoms with Crippen molar-refractivity contribution in [2.75, 3.05) is 13.1 Å². The van der Waals surface area contributed by atoms with Crippen LogP contribution in [0.25, 0.3) is 0 Å². The Balaban J connectivity index is 2.20. The molecule has 1 N–H and O–H groups in total. The molecule has 0 spiro atoms. The van der Waals surface area contributed by atoms with E-state index in [2.05, 4.69) is 19.2 Å². The second kappa shape index (κ2) is 7.97. The van der Waals surface area contributed by atoms with Crippen molar-refractivity contribution in [2.24, 2.45) is 5.92 Å². The third-order valence-electron chi connectivity index (χ3n) is 2.61. The first-order valence-electron chi connectivity index (χ1n) is 6.24. The highest BCUT2D eigenvalue weighted by Crippen LogP contribution is 2.22. The molecule has 1 nitrogen and oxygen atoms in total. The summed E-state index contributed by atoms with van der Waals surface area (Å²) in [6, 6.07) is 5.67. The Labute approximate surface area is 115 Å².